The molecule has 1 aromatic heterocycles. The summed E-state index contributed by atoms with van der Waals surface area (Å²) in [6.07, 6.45) is -2.27. The highest BCUT2D eigenvalue weighted by Gasteiger charge is 2.19. The van der Waals surface area contributed by atoms with E-state index in [9.17, 15) is 13.2 Å². The summed E-state index contributed by atoms with van der Waals surface area (Å²) in [6.45, 7) is 0. The molecule has 0 atom stereocenters. The summed E-state index contributed by atoms with van der Waals surface area (Å²) in [5.41, 5.74) is -1.19. The maximum atomic E-state index is 12.9. The van der Waals surface area contributed by atoms with Gasteiger partial charge in [-0.05, 0) is 0 Å². The van der Waals surface area contributed by atoms with Crippen molar-refractivity contribution in [2.75, 3.05) is 0 Å². The molecule has 1 N–H and O–H groups in total. The van der Waals surface area contributed by atoms with Crippen LogP contribution in [0.2, 0.25) is 0 Å². The second kappa shape index (κ2) is 3.83. The smallest absolute Gasteiger partial charge is 0.280 e. The number of rotatable bonds is 2. The van der Waals surface area contributed by atoms with E-state index in [4.69, 9.17) is 16.7 Å². The fraction of sp³-hybridized carbons (Fsp3) is 0.286. The molecule has 1 aromatic rings. The second-order valence-corrected chi connectivity index (χ2v) is 2.52. The zero-order valence-corrected chi connectivity index (χ0v) is 7.02. The zero-order valence-electron chi connectivity index (χ0n) is 6.27. The van der Waals surface area contributed by atoms with E-state index in [-0.39, 0.29) is 0 Å². The van der Waals surface area contributed by atoms with Crippen LogP contribution in [0.3, 0.4) is 0 Å². The Morgan fingerprint density at radius 2 is 2.15 bits per heavy atom. The zero-order chi connectivity index (χ0) is 10.0. The maximum absolute atomic E-state index is 12.9. The summed E-state index contributed by atoms with van der Waals surface area (Å²) in [5.74, 6) is -2.37. The number of aromatic hydroxyl groups is 1. The van der Waals surface area contributed by atoms with Crippen LogP contribution in [-0.4, -0.2) is 10.1 Å². The molecular weight excluding hydrogens is 207 g/mol. The van der Waals surface area contributed by atoms with Crippen LogP contribution in [0.15, 0.2) is 6.20 Å². The lowest BCUT2D eigenvalue weighted by molar-refractivity contribution is 0.144. The van der Waals surface area contributed by atoms with E-state index in [1.807, 2.05) is 0 Å². The van der Waals surface area contributed by atoms with Gasteiger partial charge in [0.05, 0.1) is 12.1 Å². The lowest BCUT2D eigenvalue weighted by atomic mass is 10.2. The minimum atomic E-state index is -2.90. The molecule has 0 spiro atoms. The van der Waals surface area contributed by atoms with Crippen molar-refractivity contribution in [3.8, 4) is 5.75 Å². The van der Waals surface area contributed by atoms with Crippen LogP contribution in [0.1, 0.15) is 17.7 Å². The lowest BCUT2D eigenvalue weighted by Crippen LogP contribution is -2.00. The molecule has 0 aliphatic carbocycles. The van der Waals surface area contributed by atoms with Gasteiger partial charge in [-0.1, -0.05) is 0 Å². The molecule has 0 aromatic carbocycles. The average molecular weight is 212 g/mol. The average Bonchev–Trinajstić information content (AvgIpc) is 2.09. The molecule has 0 unspecified atom stereocenters. The fourth-order valence-corrected chi connectivity index (χ4v) is 1.10. The first kappa shape index (κ1) is 10.1. The largest absolute Gasteiger partial charge is 0.504 e. The Balaban J connectivity index is 3.30. The van der Waals surface area contributed by atoms with Crippen molar-refractivity contribution in [3.63, 3.8) is 0 Å². The molecule has 13 heavy (non-hydrogen) atoms. The quantitative estimate of drug-likeness (QED) is 0.763. The van der Waals surface area contributed by atoms with Crippen LogP contribution in [0.4, 0.5) is 13.2 Å². The van der Waals surface area contributed by atoms with Crippen LogP contribution in [0, 0.1) is 5.82 Å². The molecule has 1 heterocycles. The number of hydrogen-bond acceptors (Lipinski definition) is 2. The Hall–Kier alpha value is -0.970. The number of halogens is 4. The lowest BCUT2D eigenvalue weighted by Gasteiger charge is -2.06. The van der Waals surface area contributed by atoms with Gasteiger partial charge in [0.1, 0.15) is 5.69 Å². The van der Waals surface area contributed by atoms with Crippen LogP contribution in [0.5, 0.6) is 5.75 Å². The van der Waals surface area contributed by atoms with Gasteiger partial charge in [0, 0.05) is 5.56 Å². The minimum absolute atomic E-state index is 0.451. The van der Waals surface area contributed by atoms with E-state index in [1.54, 1.807) is 0 Å². The van der Waals surface area contributed by atoms with Gasteiger partial charge in [0.25, 0.3) is 6.43 Å². The number of pyridine rings is 1. The van der Waals surface area contributed by atoms with Crippen molar-refractivity contribution in [2.24, 2.45) is 0 Å². The summed E-state index contributed by atoms with van der Waals surface area (Å²) in [4.78, 5) is 3.18. The summed E-state index contributed by atoms with van der Waals surface area (Å²) >= 11 is 5.23. The van der Waals surface area contributed by atoms with Crippen molar-refractivity contribution in [1.29, 1.82) is 0 Å². The first-order chi connectivity index (χ1) is 6.07. The molecule has 0 aliphatic rings. The molecule has 0 saturated heterocycles. The first-order valence-corrected chi connectivity index (χ1v) is 3.81. The predicted molar refractivity (Wildman–Crippen MR) is 40.4 cm³/mol. The van der Waals surface area contributed by atoms with Gasteiger partial charge >= 0.3 is 0 Å². The number of nitrogens with zero attached hydrogens (tertiary/aromatic N) is 1. The van der Waals surface area contributed by atoms with Gasteiger partial charge in [-0.15, -0.1) is 11.6 Å². The highest BCUT2D eigenvalue weighted by atomic mass is 35.5. The van der Waals surface area contributed by atoms with Crippen molar-refractivity contribution < 1.29 is 18.3 Å². The Labute approximate surface area is 77.0 Å². The van der Waals surface area contributed by atoms with Crippen LogP contribution >= 0.6 is 11.6 Å². The van der Waals surface area contributed by atoms with E-state index < -0.39 is 35.1 Å². The Kier molecular flexibility index (Phi) is 2.98. The van der Waals surface area contributed by atoms with Gasteiger partial charge in [-0.2, -0.15) is 0 Å². The number of aromatic nitrogens is 1. The van der Waals surface area contributed by atoms with Crippen LogP contribution in [-0.2, 0) is 5.88 Å². The molecule has 0 amide bonds. The molecule has 6 heteroatoms. The molecule has 0 aliphatic heterocycles. The number of hydrogen-bond donors (Lipinski definition) is 1. The Morgan fingerprint density at radius 1 is 1.54 bits per heavy atom. The summed E-state index contributed by atoms with van der Waals surface area (Å²) in [7, 11) is 0. The predicted octanol–water partition coefficient (Wildman–Crippen LogP) is 2.60. The van der Waals surface area contributed by atoms with E-state index in [0.717, 1.165) is 0 Å². The molecule has 0 saturated carbocycles. The van der Waals surface area contributed by atoms with Crippen molar-refractivity contribution in [1.82, 2.24) is 4.98 Å². The number of alkyl halides is 3. The van der Waals surface area contributed by atoms with Gasteiger partial charge < -0.3 is 5.11 Å². The van der Waals surface area contributed by atoms with Gasteiger partial charge in [-0.25, -0.2) is 13.2 Å². The third-order valence-electron chi connectivity index (χ3n) is 1.47. The van der Waals surface area contributed by atoms with Crippen LogP contribution < -0.4 is 0 Å². The molecular formula is C7H5ClF3NO. The highest BCUT2D eigenvalue weighted by molar-refractivity contribution is 6.17. The standard InChI is InChI=1S/C7H5ClF3NO/c8-1-3-5(9)4(13)2-12-6(3)7(10)11/h2,7,13H,1H2. The fourth-order valence-electron chi connectivity index (χ4n) is 0.847. The first-order valence-electron chi connectivity index (χ1n) is 3.28. The molecule has 0 radical (unpaired) electrons. The van der Waals surface area contributed by atoms with E-state index in [1.165, 1.54) is 0 Å². The van der Waals surface area contributed by atoms with Gasteiger partial charge in [-0.3, -0.25) is 4.98 Å². The van der Waals surface area contributed by atoms with Crippen molar-refractivity contribution in [2.45, 2.75) is 12.3 Å². The monoisotopic (exact) mass is 211 g/mol. The molecule has 0 fully saturated rings. The SMILES string of the molecule is Oc1cnc(C(F)F)c(CCl)c1F. The van der Waals surface area contributed by atoms with Crippen molar-refractivity contribution in [3.05, 3.63) is 23.3 Å². The summed E-state index contributed by atoms with van der Waals surface area (Å²) in [6, 6.07) is 0. The molecule has 2 nitrogen and oxygen atoms in total. The minimum Gasteiger partial charge on any atom is -0.504 e. The Bertz CT molecular complexity index is 319. The Morgan fingerprint density at radius 3 is 2.62 bits per heavy atom. The van der Waals surface area contributed by atoms with Gasteiger partial charge in [0.2, 0.25) is 0 Å². The van der Waals surface area contributed by atoms with Crippen molar-refractivity contribution >= 4 is 11.6 Å². The van der Waals surface area contributed by atoms with E-state index in [2.05, 4.69) is 4.98 Å². The summed E-state index contributed by atoms with van der Waals surface area (Å²) in [5, 5.41) is 8.80. The molecule has 0 bridgehead atoms. The van der Waals surface area contributed by atoms with Crippen LogP contribution in [0.25, 0.3) is 0 Å². The second-order valence-electron chi connectivity index (χ2n) is 2.26. The van der Waals surface area contributed by atoms with E-state index >= 15 is 0 Å². The summed E-state index contributed by atoms with van der Waals surface area (Å²) < 4.78 is 37.2. The normalized spacial score (nSPS) is 10.8. The van der Waals surface area contributed by atoms with E-state index in [0.29, 0.717) is 6.20 Å². The third kappa shape index (κ3) is 1.85. The molecule has 72 valence electrons. The third-order valence-corrected chi connectivity index (χ3v) is 1.73. The molecule has 1 rings (SSSR count). The van der Waals surface area contributed by atoms with Gasteiger partial charge in [0.15, 0.2) is 11.6 Å². The topological polar surface area (TPSA) is 33.1 Å². The highest BCUT2D eigenvalue weighted by Crippen LogP contribution is 2.28. The maximum Gasteiger partial charge on any atom is 0.280 e.